The average molecular weight is 266 g/mol. The van der Waals surface area contributed by atoms with E-state index in [1.807, 2.05) is 0 Å². The maximum atomic E-state index is 13.4. The molecule has 1 atom stereocenters. The summed E-state index contributed by atoms with van der Waals surface area (Å²) in [4.78, 5) is 0. The van der Waals surface area contributed by atoms with Gasteiger partial charge >= 0.3 is 0 Å². The molecule has 100 valence electrons. The largest absolute Gasteiger partial charge is 0.392 e. The van der Waals surface area contributed by atoms with Crippen LogP contribution in [0.2, 0.25) is 0 Å². The number of halogens is 3. The van der Waals surface area contributed by atoms with Crippen molar-refractivity contribution in [2.45, 2.75) is 18.9 Å². The van der Waals surface area contributed by atoms with Gasteiger partial charge in [0.1, 0.15) is 17.5 Å². The molecule has 2 aromatic carbocycles. The van der Waals surface area contributed by atoms with Crippen molar-refractivity contribution in [3.8, 4) is 0 Å². The second-order valence-electron chi connectivity index (χ2n) is 4.39. The molecule has 0 fully saturated rings. The van der Waals surface area contributed by atoms with Gasteiger partial charge in [-0.15, -0.1) is 0 Å². The van der Waals surface area contributed by atoms with Gasteiger partial charge in [-0.25, -0.2) is 13.2 Å². The zero-order chi connectivity index (χ0) is 13.8. The van der Waals surface area contributed by atoms with Crippen molar-refractivity contribution in [2.75, 3.05) is 0 Å². The first kappa shape index (κ1) is 13.6. The molecule has 0 spiro atoms. The maximum absolute atomic E-state index is 13.4. The summed E-state index contributed by atoms with van der Waals surface area (Å²) in [6, 6.07) is 9.29. The lowest BCUT2D eigenvalue weighted by molar-refractivity contribution is 0.173. The standard InChI is InChI=1S/C15H13F3O/c16-12-6-5-11(15(18)9-12)8-13(19)7-10-3-1-2-4-14(10)17/h1-6,9,13,19H,7-8H2. The van der Waals surface area contributed by atoms with Crippen molar-refractivity contribution in [2.24, 2.45) is 0 Å². The Hall–Kier alpha value is -1.81. The molecule has 4 heteroatoms. The van der Waals surface area contributed by atoms with Crippen LogP contribution in [0.5, 0.6) is 0 Å². The lowest BCUT2D eigenvalue weighted by Gasteiger charge is -2.12. The molecule has 1 unspecified atom stereocenters. The maximum Gasteiger partial charge on any atom is 0.129 e. The van der Waals surface area contributed by atoms with Gasteiger partial charge in [0.2, 0.25) is 0 Å². The van der Waals surface area contributed by atoms with E-state index in [9.17, 15) is 18.3 Å². The Balaban J connectivity index is 2.05. The molecule has 1 N–H and O–H groups in total. The summed E-state index contributed by atoms with van der Waals surface area (Å²) >= 11 is 0. The van der Waals surface area contributed by atoms with Crippen LogP contribution >= 0.6 is 0 Å². The summed E-state index contributed by atoms with van der Waals surface area (Å²) in [5.74, 6) is -1.77. The number of hydrogen-bond acceptors (Lipinski definition) is 1. The van der Waals surface area contributed by atoms with Gasteiger partial charge in [0.05, 0.1) is 6.10 Å². The van der Waals surface area contributed by atoms with Crippen molar-refractivity contribution in [1.82, 2.24) is 0 Å². The first-order valence-corrected chi connectivity index (χ1v) is 5.91. The van der Waals surface area contributed by atoms with Crippen LogP contribution in [0.1, 0.15) is 11.1 Å². The quantitative estimate of drug-likeness (QED) is 0.900. The Bertz CT molecular complexity index is 569. The normalized spacial score (nSPS) is 12.4. The summed E-state index contributed by atoms with van der Waals surface area (Å²) in [6.45, 7) is 0. The van der Waals surface area contributed by atoms with Crippen LogP contribution in [0.15, 0.2) is 42.5 Å². The first-order valence-electron chi connectivity index (χ1n) is 5.91. The van der Waals surface area contributed by atoms with E-state index in [4.69, 9.17) is 0 Å². The molecule has 0 saturated heterocycles. The number of benzene rings is 2. The van der Waals surface area contributed by atoms with Crippen molar-refractivity contribution in [1.29, 1.82) is 0 Å². The number of rotatable bonds is 4. The number of aliphatic hydroxyl groups excluding tert-OH is 1. The Labute approximate surface area is 109 Å². The van der Waals surface area contributed by atoms with Crippen molar-refractivity contribution < 1.29 is 18.3 Å². The van der Waals surface area contributed by atoms with E-state index < -0.39 is 23.6 Å². The van der Waals surface area contributed by atoms with Crippen LogP contribution in [0.4, 0.5) is 13.2 Å². The molecular formula is C15H13F3O. The van der Waals surface area contributed by atoms with Gasteiger partial charge in [-0.1, -0.05) is 24.3 Å². The molecular weight excluding hydrogens is 253 g/mol. The summed E-state index contributed by atoms with van der Waals surface area (Å²) in [5, 5.41) is 9.85. The Morgan fingerprint density at radius 2 is 1.47 bits per heavy atom. The fourth-order valence-electron chi connectivity index (χ4n) is 1.93. The Morgan fingerprint density at radius 3 is 2.11 bits per heavy atom. The predicted molar refractivity (Wildman–Crippen MR) is 66.2 cm³/mol. The lowest BCUT2D eigenvalue weighted by Crippen LogP contribution is -2.15. The summed E-state index contributed by atoms with van der Waals surface area (Å²) in [6.07, 6.45) is -0.818. The smallest absolute Gasteiger partial charge is 0.129 e. The summed E-state index contributed by atoms with van der Waals surface area (Å²) < 4.78 is 39.5. The fraction of sp³-hybridized carbons (Fsp3) is 0.200. The third-order valence-corrected chi connectivity index (χ3v) is 2.88. The molecule has 0 radical (unpaired) electrons. The molecule has 0 aliphatic rings. The highest BCUT2D eigenvalue weighted by Crippen LogP contribution is 2.15. The van der Waals surface area contributed by atoms with Crippen molar-refractivity contribution >= 4 is 0 Å². The first-order chi connectivity index (χ1) is 9.06. The highest BCUT2D eigenvalue weighted by molar-refractivity contribution is 5.21. The zero-order valence-corrected chi connectivity index (χ0v) is 10.1. The van der Waals surface area contributed by atoms with Crippen molar-refractivity contribution in [3.05, 3.63) is 71.0 Å². The molecule has 0 saturated carbocycles. The van der Waals surface area contributed by atoms with E-state index in [1.54, 1.807) is 18.2 Å². The van der Waals surface area contributed by atoms with Crippen LogP contribution in [0, 0.1) is 17.5 Å². The third-order valence-electron chi connectivity index (χ3n) is 2.88. The summed E-state index contributed by atoms with van der Waals surface area (Å²) in [5.41, 5.74) is 0.586. The van der Waals surface area contributed by atoms with Gasteiger partial charge in [-0.3, -0.25) is 0 Å². The van der Waals surface area contributed by atoms with Crippen LogP contribution in [-0.2, 0) is 12.8 Å². The third kappa shape index (κ3) is 3.58. The molecule has 2 rings (SSSR count). The van der Waals surface area contributed by atoms with Gasteiger partial charge in [0.25, 0.3) is 0 Å². The molecule has 1 nitrogen and oxygen atoms in total. The molecule has 0 aliphatic carbocycles. The van der Waals surface area contributed by atoms with Gasteiger partial charge in [-0.05, 0) is 23.3 Å². The minimum absolute atomic E-state index is 0.0143. The Morgan fingerprint density at radius 1 is 0.842 bits per heavy atom. The number of aliphatic hydroxyl groups is 1. The minimum Gasteiger partial charge on any atom is -0.392 e. The van der Waals surface area contributed by atoms with Gasteiger partial charge in [0.15, 0.2) is 0 Å². The highest BCUT2D eigenvalue weighted by atomic mass is 19.1. The Kier molecular flexibility index (Phi) is 4.22. The predicted octanol–water partition coefficient (Wildman–Crippen LogP) is 3.25. The molecule has 0 aliphatic heterocycles. The number of hydrogen-bond donors (Lipinski definition) is 1. The van der Waals surface area contributed by atoms with Gasteiger partial charge in [-0.2, -0.15) is 0 Å². The van der Waals surface area contributed by atoms with Crippen LogP contribution in [0.3, 0.4) is 0 Å². The van der Waals surface area contributed by atoms with E-state index in [-0.39, 0.29) is 18.4 Å². The van der Waals surface area contributed by atoms with E-state index in [0.717, 1.165) is 12.1 Å². The lowest BCUT2D eigenvalue weighted by atomic mass is 10.0. The second kappa shape index (κ2) is 5.89. The monoisotopic (exact) mass is 266 g/mol. The van der Waals surface area contributed by atoms with Gasteiger partial charge in [0, 0.05) is 18.9 Å². The van der Waals surface area contributed by atoms with Crippen molar-refractivity contribution in [3.63, 3.8) is 0 Å². The zero-order valence-electron chi connectivity index (χ0n) is 10.1. The van der Waals surface area contributed by atoms with Gasteiger partial charge < -0.3 is 5.11 Å². The van der Waals surface area contributed by atoms with Crippen LogP contribution < -0.4 is 0 Å². The second-order valence-corrected chi connectivity index (χ2v) is 4.39. The van der Waals surface area contributed by atoms with E-state index in [1.165, 1.54) is 12.1 Å². The van der Waals surface area contributed by atoms with E-state index in [2.05, 4.69) is 0 Å². The SMILES string of the molecule is OC(Cc1ccccc1F)Cc1ccc(F)cc1F. The molecule has 0 amide bonds. The fourth-order valence-corrected chi connectivity index (χ4v) is 1.93. The average Bonchev–Trinajstić information content (AvgIpc) is 2.36. The highest BCUT2D eigenvalue weighted by Gasteiger charge is 2.12. The molecule has 19 heavy (non-hydrogen) atoms. The van der Waals surface area contributed by atoms with Crippen LogP contribution in [0.25, 0.3) is 0 Å². The molecule has 0 aromatic heterocycles. The molecule has 0 heterocycles. The minimum atomic E-state index is -0.920. The van der Waals surface area contributed by atoms with E-state index >= 15 is 0 Å². The summed E-state index contributed by atoms with van der Waals surface area (Å²) in [7, 11) is 0. The molecule has 2 aromatic rings. The van der Waals surface area contributed by atoms with Crippen LogP contribution in [-0.4, -0.2) is 11.2 Å². The van der Waals surface area contributed by atoms with E-state index in [0.29, 0.717) is 5.56 Å². The topological polar surface area (TPSA) is 20.2 Å². The molecule has 0 bridgehead atoms.